The van der Waals surface area contributed by atoms with Crippen LogP contribution in [0, 0.1) is 11.8 Å². The highest BCUT2D eigenvalue weighted by Gasteiger charge is 2.26. The van der Waals surface area contributed by atoms with E-state index in [4.69, 9.17) is 0 Å². The lowest BCUT2D eigenvalue weighted by Gasteiger charge is -2.24. The molecule has 2 aliphatic carbocycles. The Hall–Kier alpha value is -0.0800. The molecule has 0 aromatic carbocycles. The average molecular weight is 296 g/mol. The summed E-state index contributed by atoms with van der Waals surface area (Å²) < 4.78 is 0. The van der Waals surface area contributed by atoms with Crippen molar-refractivity contribution in [3.8, 4) is 0 Å². The summed E-state index contributed by atoms with van der Waals surface area (Å²) >= 11 is 0. The molecule has 0 radical (unpaired) electrons. The molecule has 2 saturated carbocycles. The summed E-state index contributed by atoms with van der Waals surface area (Å²) in [6, 6.07) is 0.740. The molecule has 0 aromatic rings. The van der Waals surface area contributed by atoms with Crippen molar-refractivity contribution in [3.63, 3.8) is 0 Å². The van der Waals surface area contributed by atoms with Crippen LogP contribution in [0.25, 0.3) is 0 Å². The molecular formula is C19H37NO. The van der Waals surface area contributed by atoms with Crippen molar-refractivity contribution in [1.29, 1.82) is 0 Å². The van der Waals surface area contributed by atoms with Crippen molar-refractivity contribution in [2.75, 3.05) is 13.2 Å². The molecular weight excluding hydrogens is 258 g/mol. The molecule has 2 rings (SSSR count). The van der Waals surface area contributed by atoms with E-state index in [1.807, 2.05) is 0 Å². The number of hydrogen-bond donors (Lipinski definition) is 2. The first-order valence-corrected chi connectivity index (χ1v) is 9.74. The lowest BCUT2D eigenvalue weighted by atomic mass is 9.94. The van der Waals surface area contributed by atoms with Gasteiger partial charge in [-0.3, -0.25) is 0 Å². The van der Waals surface area contributed by atoms with Gasteiger partial charge in [0.1, 0.15) is 0 Å². The fourth-order valence-electron chi connectivity index (χ4n) is 4.31. The fourth-order valence-corrected chi connectivity index (χ4v) is 4.31. The van der Waals surface area contributed by atoms with Gasteiger partial charge in [0.05, 0.1) is 0 Å². The average Bonchev–Trinajstić information content (AvgIpc) is 2.94. The smallest absolute Gasteiger partial charge is 0.0462 e. The van der Waals surface area contributed by atoms with E-state index in [-0.39, 0.29) is 0 Å². The maximum atomic E-state index is 9.45. The van der Waals surface area contributed by atoms with Crippen molar-refractivity contribution >= 4 is 0 Å². The minimum absolute atomic E-state index is 0.400. The summed E-state index contributed by atoms with van der Waals surface area (Å²) in [6.45, 7) is 1.55. The molecule has 0 spiro atoms. The second-order valence-corrected chi connectivity index (χ2v) is 7.50. The van der Waals surface area contributed by atoms with Crippen molar-refractivity contribution in [2.45, 2.75) is 95.9 Å². The van der Waals surface area contributed by atoms with Gasteiger partial charge in [0, 0.05) is 12.6 Å². The molecule has 2 nitrogen and oxygen atoms in total. The van der Waals surface area contributed by atoms with E-state index in [1.54, 1.807) is 0 Å². The number of hydrogen-bond acceptors (Lipinski definition) is 2. The maximum absolute atomic E-state index is 9.45. The van der Waals surface area contributed by atoms with Crippen LogP contribution in [0.4, 0.5) is 0 Å². The molecule has 2 fully saturated rings. The first-order valence-electron chi connectivity index (χ1n) is 9.74. The molecule has 21 heavy (non-hydrogen) atoms. The lowest BCUT2D eigenvalue weighted by molar-refractivity contribution is 0.189. The molecule has 0 saturated heterocycles. The topological polar surface area (TPSA) is 32.3 Å². The third-order valence-electron chi connectivity index (χ3n) is 5.82. The van der Waals surface area contributed by atoms with Gasteiger partial charge in [0.2, 0.25) is 0 Å². The summed E-state index contributed by atoms with van der Waals surface area (Å²) in [5.74, 6) is 1.31. The van der Waals surface area contributed by atoms with E-state index in [0.717, 1.165) is 18.5 Å². The number of nitrogens with one attached hydrogen (secondary N) is 1. The summed E-state index contributed by atoms with van der Waals surface area (Å²) in [5, 5.41) is 13.3. The molecule has 124 valence electrons. The second-order valence-electron chi connectivity index (χ2n) is 7.50. The highest BCUT2D eigenvalue weighted by Crippen LogP contribution is 2.31. The lowest BCUT2D eigenvalue weighted by Crippen LogP contribution is -2.35. The summed E-state index contributed by atoms with van der Waals surface area (Å²) in [5.41, 5.74) is 0. The maximum Gasteiger partial charge on any atom is 0.0462 e. The molecule has 2 aliphatic rings. The van der Waals surface area contributed by atoms with Crippen LogP contribution < -0.4 is 5.32 Å². The van der Waals surface area contributed by atoms with Crippen LogP contribution >= 0.6 is 0 Å². The zero-order chi connectivity index (χ0) is 14.8. The van der Waals surface area contributed by atoms with E-state index in [9.17, 15) is 5.11 Å². The van der Waals surface area contributed by atoms with Gasteiger partial charge in [-0.25, -0.2) is 0 Å². The number of rotatable bonds is 4. The Labute approximate surface area is 132 Å². The van der Waals surface area contributed by atoms with E-state index in [0.29, 0.717) is 12.5 Å². The van der Waals surface area contributed by atoms with Crippen LogP contribution in [-0.2, 0) is 0 Å². The summed E-state index contributed by atoms with van der Waals surface area (Å²) in [4.78, 5) is 0. The molecule has 2 atom stereocenters. The largest absolute Gasteiger partial charge is 0.396 e. The molecule has 0 amide bonds. The zero-order valence-electron chi connectivity index (χ0n) is 14.0. The molecule has 2 heteroatoms. The Balaban J connectivity index is 1.70. The molecule has 0 aliphatic heterocycles. The zero-order valence-corrected chi connectivity index (χ0v) is 14.0. The van der Waals surface area contributed by atoms with Crippen molar-refractivity contribution in [1.82, 2.24) is 5.32 Å². The molecule has 2 N–H and O–H groups in total. The van der Waals surface area contributed by atoms with Crippen LogP contribution in [-0.4, -0.2) is 24.3 Å². The Morgan fingerprint density at radius 2 is 1.14 bits per heavy atom. The van der Waals surface area contributed by atoms with Gasteiger partial charge in [-0.2, -0.15) is 0 Å². The molecule has 0 bridgehead atoms. The van der Waals surface area contributed by atoms with Crippen LogP contribution in [0.1, 0.15) is 89.9 Å². The van der Waals surface area contributed by atoms with Gasteiger partial charge < -0.3 is 10.4 Å². The SMILES string of the molecule is OCC1CCCC1CNC1CCCCCCCCCCC1. The third-order valence-corrected chi connectivity index (χ3v) is 5.82. The van der Waals surface area contributed by atoms with Crippen molar-refractivity contribution in [2.24, 2.45) is 11.8 Å². The summed E-state index contributed by atoms with van der Waals surface area (Å²) in [7, 11) is 0. The Morgan fingerprint density at radius 3 is 1.71 bits per heavy atom. The van der Waals surface area contributed by atoms with Gasteiger partial charge in [-0.05, 0) is 44.1 Å². The predicted octanol–water partition coefficient (Wildman–Crippen LogP) is 4.66. The van der Waals surface area contributed by atoms with Gasteiger partial charge in [0.15, 0.2) is 0 Å². The number of aliphatic hydroxyl groups excluding tert-OH is 1. The standard InChI is InChI=1S/C19H37NO/c21-16-18-12-10-11-17(18)15-20-19-13-8-6-4-2-1-3-5-7-9-14-19/h17-21H,1-16H2. The Kier molecular flexibility index (Phi) is 8.73. The van der Waals surface area contributed by atoms with E-state index in [1.165, 1.54) is 89.9 Å². The second kappa shape index (κ2) is 10.6. The normalized spacial score (nSPS) is 30.7. The van der Waals surface area contributed by atoms with Crippen molar-refractivity contribution < 1.29 is 5.11 Å². The Bertz CT molecular complexity index is 244. The monoisotopic (exact) mass is 295 g/mol. The van der Waals surface area contributed by atoms with Gasteiger partial charge in [0.25, 0.3) is 0 Å². The van der Waals surface area contributed by atoms with Gasteiger partial charge in [-0.1, -0.05) is 64.2 Å². The van der Waals surface area contributed by atoms with E-state index >= 15 is 0 Å². The minimum atomic E-state index is 0.400. The predicted molar refractivity (Wildman–Crippen MR) is 90.5 cm³/mol. The molecule has 0 heterocycles. The molecule has 2 unspecified atom stereocenters. The van der Waals surface area contributed by atoms with Crippen molar-refractivity contribution in [3.05, 3.63) is 0 Å². The Morgan fingerprint density at radius 1 is 0.619 bits per heavy atom. The van der Waals surface area contributed by atoms with E-state index < -0.39 is 0 Å². The summed E-state index contributed by atoms with van der Waals surface area (Å²) in [6.07, 6.45) is 19.6. The third kappa shape index (κ3) is 6.69. The van der Waals surface area contributed by atoms with E-state index in [2.05, 4.69) is 5.32 Å². The first-order chi connectivity index (χ1) is 10.4. The van der Waals surface area contributed by atoms with Crippen LogP contribution in [0.5, 0.6) is 0 Å². The fraction of sp³-hybridized carbons (Fsp3) is 1.00. The van der Waals surface area contributed by atoms with Gasteiger partial charge >= 0.3 is 0 Å². The highest BCUT2D eigenvalue weighted by molar-refractivity contribution is 4.80. The quantitative estimate of drug-likeness (QED) is 0.790. The van der Waals surface area contributed by atoms with Gasteiger partial charge in [-0.15, -0.1) is 0 Å². The van der Waals surface area contributed by atoms with Crippen LogP contribution in [0.3, 0.4) is 0 Å². The van der Waals surface area contributed by atoms with Crippen LogP contribution in [0.15, 0.2) is 0 Å². The molecule has 0 aromatic heterocycles. The number of aliphatic hydroxyl groups is 1. The highest BCUT2D eigenvalue weighted by atomic mass is 16.3. The van der Waals surface area contributed by atoms with Crippen LogP contribution in [0.2, 0.25) is 0 Å². The first kappa shape index (κ1) is 17.3. The minimum Gasteiger partial charge on any atom is -0.396 e.